The molecule has 0 fully saturated rings. The second-order valence-electron chi connectivity index (χ2n) is 7.35. The molecule has 0 saturated carbocycles. The van der Waals surface area contributed by atoms with Gasteiger partial charge in [0.05, 0.1) is 6.10 Å². The SMILES string of the molecule is CC[Si](CC)(CC)O[C@H](/C(C)=C/CCCc1ccccc1)C(C)C. The highest BCUT2D eigenvalue weighted by molar-refractivity contribution is 6.73. The van der Waals surface area contributed by atoms with Crippen LogP contribution in [-0.4, -0.2) is 14.4 Å². The quantitative estimate of drug-likeness (QED) is 0.238. The van der Waals surface area contributed by atoms with Crippen LogP contribution in [0.3, 0.4) is 0 Å². The summed E-state index contributed by atoms with van der Waals surface area (Å²) in [6.07, 6.45) is 6.24. The van der Waals surface area contributed by atoms with Crippen molar-refractivity contribution in [1.29, 1.82) is 0 Å². The van der Waals surface area contributed by atoms with Crippen LogP contribution in [0.15, 0.2) is 42.0 Å². The van der Waals surface area contributed by atoms with Crippen LogP contribution in [0.25, 0.3) is 0 Å². The monoisotopic (exact) mass is 346 g/mol. The number of benzene rings is 1. The van der Waals surface area contributed by atoms with E-state index in [4.69, 9.17) is 4.43 Å². The molecule has 0 bridgehead atoms. The molecule has 2 heteroatoms. The van der Waals surface area contributed by atoms with Crippen LogP contribution in [0.5, 0.6) is 0 Å². The van der Waals surface area contributed by atoms with E-state index in [-0.39, 0.29) is 0 Å². The van der Waals surface area contributed by atoms with Gasteiger partial charge >= 0.3 is 0 Å². The molecule has 0 amide bonds. The molecule has 1 atom stereocenters. The van der Waals surface area contributed by atoms with Crippen LogP contribution < -0.4 is 0 Å². The molecule has 0 radical (unpaired) electrons. The Labute approximate surface area is 151 Å². The van der Waals surface area contributed by atoms with Gasteiger partial charge in [-0.25, -0.2) is 0 Å². The van der Waals surface area contributed by atoms with Gasteiger partial charge in [-0.3, -0.25) is 0 Å². The number of allylic oxidation sites excluding steroid dienone is 1. The average Bonchev–Trinajstić information content (AvgIpc) is 2.61. The minimum absolute atomic E-state index is 0.299. The lowest BCUT2D eigenvalue weighted by atomic mass is 9.98. The maximum Gasteiger partial charge on any atom is 0.192 e. The molecule has 1 rings (SSSR count). The smallest absolute Gasteiger partial charge is 0.192 e. The fourth-order valence-corrected chi connectivity index (χ4v) is 6.42. The number of hydrogen-bond acceptors (Lipinski definition) is 1. The van der Waals surface area contributed by atoms with Crippen LogP contribution in [0, 0.1) is 5.92 Å². The Morgan fingerprint density at radius 2 is 1.62 bits per heavy atom. The Morgan fingerprint density at radius 1 is 1.04 bits per heavy atom. The van der Waals surface area contributed by atoms with E-state index in [9.17, 15) is 0 Å². The van der Waals surface area contributed by atoms with Gasteiger partial charge in [0.1, 0.15) is 0 Å². The molecular formula is C22H38OSi. The minimum atomic E-state index is -1.55. The lowest BCUT2D eigenvalue weighted by Gasteiger charge is -2.36. The highest BCUT2D eigenvalue weighted by atomic mass is 28.4. The van der Waals surface area contributed by atoms with Gasteiger partial charge in [0.2, 0.25) is 0 Å². The van der Waals surface area contributed by atoms with Crippen molar-refractivity contribution >= 4 is 8.32 Å². The molecule has 0 aromatic heterocycles. The lowest BCUT2D eigenvalue weighted by Crippen LogP contribution is -2.42. The van der Waals surface area contributed by atoms with E-state index in [1.807, 2.05) is 0 Å². The first-order valence-corrected chi connectivity index (χ1v) is 12.4. The second-order valence-corrected chi connectivity index (χ2v) is 12.1. The van der Waals surface area contributed by atoms with E-state index in [2.05, 4.69) is 78.0 Å². The standard InChI is InChI=1S/C22H38OSi/c1-7-24(8-2,9-3)23-22(19(4)5)20(6)15-13-14-18-21-16-11-10-12-17-21/h10-12,15-17,19,22H,7-9,13-14,18H2,1-6H3/b20-15+/t22-/m0/s1. The number of unbranched alkanes of at least 4 members (excludes halogenated alkanes) is 1. The molecule has 0 spiro atoms. The Kier molecular flexibility index (Phi) is 9.61. The van der Waals surface area contributed by atoms with Crippen molar-refractivity contribution in [1.82, 2.24) is 0 Å². The van der Waals surface area contributed by atoms with Gasteiger partial charge in [-0.2, -0.15) is 0 Å². The second kappa shape index (κ2) is 10.9. The molecule has 0 aliphatic carbocycles. The summed E-state index contributed by atoms with van der Waals surface area (Å²) in [5, 5.41) is 0. The summed E-state index contributed by atoms with van der Waals surface area (Å²) < 4.78 is 6.79. The van der Waals surface area contributed by atoms with Crippen molar-refractivity contribution in [3.63, 3.8) is 0 Å². The fraction of sp³-hybridized carbons (Fsp3) is 0.636. The predicted octanol–water partition coefficient (Wildman–Crippen LogP) is 7.00. The van der Waals surface area contributed by atoms with E-state index in [1.165, 1.54) is 35.7 Å². The molecule has 0 saturated heterocycles. The van der Waals surface area contributed by atoms with Crippen molar-refractivity contribution < 1.29 is 4.43 Å². The molecular weight excluding hydrogens is 308 g/mol. The number of hydrogen-bond donors (Lipinski definition) is 0. The number of aryl methyl sites for hydroxylation is 1. The van der Waals surface area contributed by atoms with E-state index in [1.54, 1.807) is 0 Å². The Balaban J connectivity index is 2.63. The first kappa shape index (κ1) is 21.2. The lowest BCUT2D eigenvalue weighted by molar-refractivity contribution is 0.171. The summed E-state index contributed by atoms with van der Waals surface area (Å²) in [7, 11) is -1.55. The van der Waals surface area contributed by atoms with Crippen LogP contribution >= 0.6 is 0 Å². The Morgan fingerprint density at radius 3 is 2.12 bits per heavy atom. The molecule has 1 nitrogen and oxygen atoms in total. The molecule has 0 heterocycles. The van der Waals surface area contributed by atoms with Gasteiger partial charge in [-0.1, -0.05) is 71.0 Å². The fourth-order valence-electron chi connectivity index (χ4n) is 3.42. The minimum Gasteiger partial charge on any atom is -0.410 e. The summed E-state index contributed by atoms with van der Waals surface area (Å²) in [6.45, 7) is 13.8. The number of rotatable bonds is 11. The van der Waals surface area contributed by atoms with Crippen molar-refractivity contribution in [2.75, 3.05) is 0 Å². The van der Waals surface area contributed by atoms with Crippen LogP contribution in [0.4, 0.5) is 0 Å². The Bertz CT molecular complexity index is 466. The summed E-state index contributed by atoms with van der Waals surface area (Å²) in [4.78, 5) is 0. The molecule has 0 N–H and O–H groups in total. The molecule has 0 unspecified atom stereocenters. The topological polar surface area (TPSA) is 9.23 Å². The largest absolute Gasteiger partial charge is 0.410 e. The van der Waals surface area contributed by atoms with Gasteiger partial charge in [-0.15, -0.1) is 0 Å². The van der Waals surface area contributed by atoms with Crippen molar-refractivity contribution in [2.24, 2.45) is 5.92 Å². The van der Waals surface area contributed by atoms with Crippen molar-refractivity contribution in [3.8, 4) is 0 Å². The maximum absolute atomic E-state index is 6.79. The third kappa shape index (κ3) is 6.56. The summed E-state index contributed by atoms with van der Waals surface area (Å²) in [5.41, 5.74) is 2.87. The van der Waals surface area contributed by atoms with E-state index in [0.29, 0.717) is 12.0 Å². The Hall–Kier alpha value is -0.863. The zero-order valence-electron chi connectivity index (χ0n) is 16.8. The highest BCUT2D eigenvalue weighted by Crippen LogP contribution is 2.29. The van der Waals surface area contributed by atoms with Crippen LogP contribution in [-0.2, 0) is 10.8 Å². The van der Waals surface area contributed by atoms with Gasteiger partial charge < -0.3 is 4.43 Å². The van der Waals surface area contributed by atoms with E-state index >= 15 is 0 Å². The molecule has 24 heavy (non-hydrogen) atoms. The zero-order valence-corrected chi connectivity index (χ0v) is 17.8. The average molecular weight is 347 g/mol. The van der Waals surface area contributed by atoms with Gasteiger partial charge in [0, 0.05) is 0 Å². The molecule has 136 valence electrons. The van der Waals surface area contributed by atoms with E-state index < -0.39 is 8.32 Å². The third-order valence-corrected chi connectivity index (χ3v) is 9.96. The summed E-state index contributed by atoms with van der Waals surface area (Å²) >= 11 is 0. The van der Waals surface area contributed by atoms with E-state index in [0.717, 1.165) is 12.8 Å². The van der Waals surface area contributed by atoms with Gasteiger partial charge in [0.25, 0.3) is 0 Å². The summed E-state index contributed by atoms with van der Waals surface area (Å²) in [5.74, 6) is 0.548. The third-order valence-electron chi connectivity index (χ3n) is 5.34. The zero-order chi connectivity index (χ0) is 18.0. The first-order chi connectivity index (χ1) is 11.5. The predicted molar refractivity (Wildman–Crippen MR) is 110 cm³/mol. The van der Waals surface area contributed by atoms with Crippen molar-refractivity contribution in [2.45, 2.75) is 85.0 Å². The van der Waals surface area contributed by atoms with Crippen molar-refractivity contribution in [3.05, 3.63) is 47.5 Å². The first-order valence-electron chi connectivity index (χ1n) is 9.86. The van der Waals surface area contributed by atoms with Gasteiger partial charge in [-0.05, 0) is 61.4 Å². The molecule has 1 aromatic carbocycles. The molecule has 0 aliphatic rings. The highest BCUT2D eigenvalue weighted by Gasteiger charge is 2.33. The normalized spacial score (nSPS) is 14.2. The van der Waals surface area contributed by atoms with Crippen LogP contribution in [0.1, 0.15) is 59.9 Å². The molecule has 1 aromatic rings. The van der Waals surface area contributed by atoms with Gasteiger partial charge in [0.15, 0.2) is 8.32 Å². The summed E-state index contributed by atoms with van der Waals surface area (Å²) in [6, 6.07) is 14.5. The maximum atomic E-state index is 6.79. The molecule has 0 aliphatic heterocycles. The van der Waals surface area contributed by atoms with Crippen LogP contribution in [0.2, 0.25) is 18.1 Å².